The first kappa shape index (κ1) is 19.5. The minimum atomic E-state index is -0.256. The van der Waals surface area contributed by atoms with Gasteiger partial charge in [0.05, 0.1) is 11.9 Å². The lowest BCUT2D eigenvalue weighted by molar-refractivity contribution is 0.102. The van der Waals surface area contributed by atoms with Crippen LogP contribution in [0.2, 0.25) is 0 Å². The third-order valence-corrected chi connectivity index (χ3v) is 4.39. The van der Waals surface area contributed by atoms with Crippen LogP contribution in [0.5, 0.6) is 0 Å². The fourth-order valence-corrected chi connectivity index (χ4v) is 2.87. The summed E-state index contributed by atoms with van der Waals surface area (Å²) in [5.74, 6) is -0.504. The monoisotopic (exact) mass is 377 g/mol. The van der Waals surface area contributed by atoms with Crippen molar-refractivity contribution in [3.8, 4) is 0 Å². The predicted molar refractivity (Wildman–Crippen MR) is 111 cm³/mol. The number of nitrogens with one attached hydrogen (secondary N) is 2. The molecule has 0 radical (unpaired) electrons. The first-order valence-corrected chi connectivity index (χ1v) is 9.18. The van der Waals surface area contributed by atoms with E-state index < -0.39 is 0 Å². The lowest BCUT2D eigenvalue weighted by atomic mass is 9.86. The highest BCUT2D eigenvalue weighted by Gasteiger charge is 2.19. The standard InChI is InChI=1S/C23H24FN3O/c1-23(2,3)19-6-4-5-7-20(19)27-22(28)21-13-12-18(15-26-21)25-14-16-8-10-17(24)11-9-16/h4-13,15,25H,14H2,1-3H3,(H,27,28). The number of hydrogen-bond acceptors (Lipinski definition) is 3. The second-order valence-electron chi connectivity index (χ2n) is 7.66. The first-order chi connectivity index (χ1) is 13.3. The Bertz CT molecular complexity index is 945. The molecule has 0 aliphatic carbocycles. The van der Waals surface area contributed by atoms with E-state index in [0.29, 0.717) is 12.2 Å². The number of carbonyl (C=O) groups excluding carboxylic acids is 1. The zero-order valence-corrected chi connectivity index (χ0v) is 16.3. The summed E-state index contributed by atoms with van der Waals surface area (Å²) < 4.78 is 12.9. The maximum Gasteiger partial charge on any atom is 0.274 e. The Hall–Kier alpha value is -3.21. The van der Waals surface area contributed by atoms with E-state index in [1.807, 2.05) is 24.3 Å². The highest BCUT2D eigenvalue weighted by molar-refractivity contribution is 6.03. The molecule has 28 heavy (non-hydrogen) atoms. The Morgan fingerprint density at radius 2 is 1.71 bits per heavy atom. The molecule has 0 aliphatic heterocycles. The second-order valence-corrected chi connectivity index (χ2v) is 7.66. The Labute approximate surface area is 164 Å². The minimum absolute atomic E-state index is 0.0779. The summed E-state index contributed by atoms with van der Waals surface area (Å²) in [5.41, 5.74) is 3.88. The summed E-state index contributed by atoms with van der Waals surface area (Å²) in [6.45, 7) is 6.87. The van der Waals surface area contributed by atoms with Gasteiger partial charge in [-0.25, -0.2) is 9.37 Å². The maximum absolute atomic E-state index is 12.9. The van der Waals surface area contributed by atoms with Crippen LogP contribution in [0.25, 0.3) is 0 Å². The summed E-state index contributed by atoms with van der Waals surface area (Å²) >= 11 is 0. The molecular weight excluding hydrogens is 353 g/mol. The first-order valence-electron chi connectivity index (χ1n) is 9.18. The van der Waals surface area contributed by atoms with E-state index in [9.17, 15) is 9.18 Å². The molecule has 0 saturated heterocycles. The summed E-state index contributed by atoms with van der Waals surface area (Å²) in [5, 5.41) is 6.17. The molecule has 0 bridgehead atoms. The van der Waals surface area contributed by atoms with Crippen LogP contribution >= 0.6 is 0 Å². The normalized spacial score (nSPS) is 11.1. The van der Waals surface area contributed by atoms with E-state index in [1.54, 1.807) is 30.5 Å². The average Bonchev–Trinajstić information content (AvgIpc) is 2.67. The fraction of sp³-hybridized carbons (Fsp3) is 0.217. The number of rotatable bonds is 5. The van der Waals surface area contributed by atoms with Gasteiger partial charge in [0.1, 0.15) is 11.5 Å². The van der Waals surface area contributed by atoms with Gasteiger partial charge in [-0.3, -0.25) is 4.79 Å². The molecule has 3 aromatic rings. The number of pyridine rings is 1. The van der Waals surface area contributed by atoms with Gasteiger partial charge in [-0.2, -0.15) is 0 Å². The molecule has 5 heteroatoms. The Morgan fingerprint density at radius 3 is 2.36 bits per heavy atom. The van der Waals surface area contributed by atoms with Gasteiger partial charge >= 0.3 is 0 Å². The van der Waals surface area contributed by atoms with Crippen molar-refractivity contribution in [2.45, 2.75) is 32.7 Å². The predicted octanol–water partition coefficient (Wildman–Crippen LogP) is 5.38. The van der Waals surface area contributed by atoms with Crippen LogP contribution in [0.1, 0.15) is 42.4 Å². The number of anilines is 2. The van der Waals surface area contributed by atoms with Crippen molar-refractivity contribution >= 4 is 17.3 Å². The highest BCUT2D eigenvalue weighted by atomic mass is 19.1. The molecule has 144 valence electrons. The lowest BCUT2D eigenvalue weighted by Gasteiger charge is -2.22. The summed E-state index contributed by atoms with van der Waals surface area (Å²) in [6, 6.07) is 17.6. The van der Waals surface area contributed by atoms with Crippen LogP contribution in [0.15, 0.2) is 66.9 Å². The Kier molecular flexibility index (Phi) is 5.73. The van der Waals surface area contributed by atoms with E-state index in [-0.39, 0.29) is 17.1 Å². The van der Waals surface area contributed by atoms with Crippen molar-refractivity contribution in [3.63, 3.8) is 0 Å². The number of carbonyl (C=O) groups is 1. The lowest BCUT2D eigenvalue weighted by Crippen LogP contribution is -2.19. The fourth-order valence-electron chi connectivity index (χ4n) is 2.87. The van der Waals surface area contributed by atoms with Crippen LogP contribution < -0.4 is 10.6 Å². The molecule has 2 aromatic carbocycles. The zero-order chi connectivity index (χ0) is 20.1. The molecule has 0 aliphatic rings. The molecule has 2 N–H and O–H groups in total. The van der Waals surface area contributed by atoms with Gasteiger partial charge in [0.25, 0.3) is 5.91 Å². The van der Waals surface area contributed by atoms with Crippen LogP contribution in [0.3, 0.4) is 0 Å². The number of nitrogens with zero attached hydrogens (tertiary/aromatic N) is 1. The molecule has 0 spiro atoms. The van der Waals surface area contributed by atoms with E-state index >= 15 is 0 Å². The van der Waals surface area contributed by atoms with Crippen molar-refractivity contribution in [3.05, 3.63) is 89.5 Å². The molecule has 0 unspecified atom stereocenters. The van der Waals surface area contributed by atoms with Gasteiger partial charge in [-0.1, -0.05) is 51.1 Å². The van der Waals surface area contributed by atoms with Gasteiger partial charge < -0.3 is 10.6 Å². The minimum Gasteiger partial charge on any atom is -0.380 e. The maximum atomic E-state index is 12.9. The number of para-hydroxylation sites is 1. The zero-order valence-electron chi connectivity index (χ0n) is 16.3. The summed E-state index contributed by atoms with van der Waals surface area (Å²) in [6.07, 6.45) is 1.62. The Morgan fingerprint density at radius 1 is 1.00 bits per heavy atom. The molecular formula is C23H24FN3O. The van der Waals surface area contributed by atoms with E-state index in [2.05, 4.69) is 36.4 Å². The summed E-state index contributed by atoms with van der Waals surface area (Å²) in [4.78, 5) is 16.8. The van der Waals surface area contributed by atoms with E-state index in [1.165, 1.54) is 12.1 Å². The molecule has 0 atom stereocenters. The van der Waals surface area contributed by atoms with Gasteiger partial charge in [0.15, 0.2) is 0 Å². The molecule has 4 nitrogen and oxygen atoms in total. The quantitative estimate of drug-likeness (QED) is 0.627. The van der Waals surface area contributed by atoms with Gasteiger partial charge in [0, 0.05) is 12.2 Å². The smallest absolute Gasteiger partial charge is 0.274 e. The van der Waals surface area contributed by atoms with Gasteiger partial charge in [0.2, 0.25) is 0 Å². The van der Waals surface area contributed by atoms with Crippen molar-refractivity contribution < 1.29 is 9.18 Å². The van der Waals surface area contributed by atoms with Crippen LogP contribution in [0.4, 0.5) is 15.8 Å². The Balaban J connectivity index is 1.65. The topological polar surface area (TPSA) is 54.0 Å². The number of aromatic nitrogens is 1. The van der Waals surface area contributed by atoms with Crippen LogP contribution in [-0.4, -0.2) is 10.9 Å². The average molecular weight is 377 g/mol. The van der Waals surface area contributed by atoms with Crippen LogP contribution in [-0.2, 0) is 12.0 Å². The molecule has 1 amide bonds. The number of benzene rings is 2. The number of halogens is 1. The van der Waals surface area contributed by atoms with Gasteiger partial charge in [-0.05, 0) is 46.9 Å². The van der Waals surface area contributed by atoms with Crippen molar-refractivity contribution in [2.75, 3.05) is 10.6 Å². The van der Waals surface area contributed by atoms with Crippen molar-refractivity contribution in [2.24, 2.45) is 0 Å². The van der Waals surface area contributed by atoms with Crippen molar-refractivity contribution in [1.29, 1.82) is 0 Å². The van der Waals surface area contributed by atoms with E-state index in [0.717, 1.165) is 22.5 Å². The molecule has 1 aromatic heterocycles. The molecule has 0 saturated carbocycles. The second kappa shape index (κ2) is 8.21. The van der Waals surface area contributed by atoms with Gasteiger partial charge in [-0.15, -0.1) is 0 Å². The highest BCUT2D eigenvalue weighted by Crippen LogP contribution is 2.29. The molecule has 3 rings (SSSR count). The largest absolute Gasteiger partial charge is 0.380 e. The van der Waals surface area contributed by atoms with Crippen molar-refractivity contribution in [1.82, 2.24) is 4.98 Å². The SMILES string of the molecule is CC(C)(C)c1ccccc1NC(=O)c1ccc(NCc2ccc(F)cc2)cn1. The van der Waals surface area contributed by atoms with E-state index in [4.69, 9.17) is 0 Å². The molecule has 1 heterocycles. The molecule has 0 fully saturated rings. The summed E-state index contributed by atoms with van der Waals surface area (Å²) in [7, 11) is 0. The van der Waals surface area contributed by atoms with Crippen LogP contribution in [0, 0.1) is 5.82 Å². The number of amides is 1. The third-order valence-electron chi connectivity index (χ3n) is 4.39. The third kappa shape index (κ3) is 4.94. The number of hydrogen-bond donors (Lipinski definition) is 2.